The number of carbonyl (C=O) groups is 1. The summed E-state index contributed by atoms with van der Waals surface area (Å²) in [6.45, 7) is 2.36. The minimum absolute atomic E-state index is 0.0916. The Bertz CT molecular complexity index is 879. The number of benzene rings is 2. The van der Waals surface area contributed by atoms with Gasteiger partial charge >= 0.3 is 0 Å². The average molecular weight is 374 g/mol. The molecule has 3 rings (SSSR count). The van der Waals surface area contributed by atoms with Crippen LogP contribution in [0.1, 0.15) is 18.4 Å². The van der Waals surface area contributed by atoms with Crippen molar-refractivity contribution in [2.45, 2.75) is 19.8 Å². The van der Waals surface area contributed by atoms with Crippen molar-refractivity contribution in [1.82, 2.24) is 0 Å². The van der Waals surface area contributed by atoms with Crippen LogP contribution in [0.5, 0.6) is 5.75 Å². The molecule has 1 fully saturated rings. The number of carbonyl (C=O) groups excluding carboxylic acids is 1. The van der Waals surface area contributed by atoms with Gasteiger partial charge in [-0.05, 0) is 61.7 Å². The van der Waals surface area contributed by atoms with Crippen LogP contribution in [0.2, 0.25) is 0 Å². The molecule has 0 unspecified atom stereocenters. The van der Waals surface area contributed by atoms with Gasteiger partial charge in [0.2, 0.25) is 10.0 Å². The molecule has 1 aliphatic heterocycles. The molecule has 0 atom stereocenters. The van der Waals surface area contributed by atoms with E-state index in [0.717, 1.165) is 12.0 Å². The number of aryl methyl sites for hydroxylation is 1. The fourth-order valence-electron chi connectivity index (χ4n) is 2.84. The van der Waals surface area contributed by atoms with Gasteiger partial charge in [0, 0.05) is 12.2 Å². The van der Waals surface area contributed by atoms with Gasteiger partial charge < -0.3 is 10.1 Å². The van der Waals surface area contributed by atoms with Crippen molar-refractivity contribution in [2.24, 2.45) is 0 Å². The van der Waals surface area contributed by atoms with Gasteiger partial charge in [-0.25, -0.2) is 8.42 Å². The third-order valence-corrected chi connectivity index (χ3v) is 6.02. The lowest BCUT2D eigenvalue weighted by molar-refractivity contribution is -0.118. The maximum absolute atomic E-state index is 12.1. The molecule has 0 saturated carbocycles. The van der Waals surface area contributed by atoms with Gasteiger partial charge in [0.25, 0.3) is 5.91 Å². The zero-order valence-corrected chi connectivity index (χ0v) is 15.5. The van der Waals surface area contributed by atoms with Crippen LogP contribution in [0, 0.1) is 6.92 Å². The highest BCUT2D eigenvalue weighted by Crippen LogP contribution is 2.25. The van der Waals surface area contributed by atoms with Crippen molar-refractivity contribution in [3.05, 3.63) is 54.1 Å². The summed E-state index contributed by atoms with van der Waals surface area (Å²) in [5, 5.41) is 2.75. The van der Waals surface area contributed by atoms with E-state index in [-0.39, 0.29) is 18.3 Å². The normalized spacial score (nSPS) is 16.1. The molecule has 1 heterocycles. The van der Waals surface area contributed by atoms with Gasteiger partial charge in [-0.15, -0.1) is 0 Å². The highest BCUT2D eigenvalue weighted by atomic mass is 32.2. The van der Waals surface area contributed by atoms with Gasteiger partial charge in [-0.3, -0.25) is 9.10 Å². The Morgan fingerprint density at radius 3 is 2.62 bits per heavy atom. The predicted octanol–water partition coefficient (Wildman–Crippen LogP) is 2.94. The fraction of sp³-hybridized carbons (Fsp3) is 0.316. The van der Waals surface area contributed by atoms with Gasteiger partial charge in [0.05, 0.1) is 11.4 Å². The van der Waals surface area contributed by atoms with Crippen molar-refractivity contribution in [1.29, 1.82) is 0 Å². The number of ether oxygens (including phenoxy) is 1. The zero-order chi connectivity index (χ0) is 18.6. The second-order valence-electron chi connectivity index (χ2n) is 6.30. The Morgan fingerprint density at radius 2 is 1.92 bits per heavy atom. The molecular weight excluding hydrogens is 352 g/mol. The first kappa shape index (κ1) is 18.3. The van der Waals surface area contributed by atoms with Gasteiger partial charge in [-0.1, -0.05) is 12.1 Å². The molecule has 7 heteroatoms. The van der Waals surface area contributed by atoms with E-state index in [0.29, 0.717) is 30.1 Å². The molecule has 26 heavy (non-hydrogen) atoms. The summed E-state index contributed by atoms with van der Waals surface area (Å²) in [5.41, 5.74) is 2.28. The molecule has 1 N–H and O–H groups in total. The minimum atomic E-state index is -3.23. The Morgan fingerprint density at radius 1 is 1.15 bits per heavy atom. The first-order chi connectivity index (χ1) is 12.4. The van der Waals surface area contributed by atoms with Crippen molar-refractivity contribution in [3.8, 4) is 5.75 Å². The lowest BCUT2D eigenvalue weighted by Gasteiger charge is -2.28. The van der Waals surface area contributed by atoms with Crippen LogP contribution in [0.3, 0.4) is 0 Å². The molecular formula is C19H22N2O4S. The van der Waals surface area contributed by atoms with E-state index < -0.39 is 10.0 Å². The largest absolute Gasteiger partial charge is 0.484 e. The van der Waals surface area contributed by atoms with E-state index >= 15 is 0 Å². The molecule has 0 bridgehead atoms. The van der Waals surface area contributed by atoms with Gasteiger partial charge in [-0.2, -0.15) is 0 Å². The molecule has 0 aliphatic carbocycles. The van der Waals surface area contributed by atoms with Crippen LogP contribution in [-0.4, -0.2) is 33.2 Å². The zero-order valence-electron chi connectivity index (χ0n) is 14.6. The average Bonchev–Trinajstić information content (AvgIpc) is 2.61. The molecule has 2 aromatic carbocycles. The first-order valence-electron chi connectivity index (χ1n) is 8.54. The topological polar surface area (TPSA) is 75.7 Å². The summed E-state index contributed by atoms with van der Waals surface area (Å²) in [5.74, 6) is 0.553. The van der Waals surface area contributed by atoms with Crippen LogP contribution in [0.4, 0.5) is 11.4 Å². The lowest BCUT2D eigenvalue weighted by Crippen LogP contribution is -2.37. The van der Waals surface area contributed by atoms with E-state index in [2.05, 4.69) is 5.32 Å². The van der Waals surface area contributed by atoms with Crippen LogP contribution in [0.25, 0.3) is 0 Å². The third kappa shape index (κ3) is 4.54. The Hall–Kier alpha value is -2.54. The molecule has 0 aromatic heterocycles. The Balaban J connectivity index is 1.58. The second kappa shape index (κ2) is 7.78. The SMILES string of the molecule is Cc1cccc(OCC(=O)Nc2ccc(N3CCCCS3(=O)=O)cc2)c1. The molecule has 2 aromatic rings. The van der Waals surface area contributed by atoms with E-state index in [4.69, 9.17) is 4.74 Å². The van der Waals surface area contributed by atoms with Crippen LogP contribution in [0.15, 0.2) is 48.5 Å². The highest BCUT2D eigenvalue weighted by molar-refractivity contribution is 7.92. The van der Waals surface area contributed by atoms with Crippen molar-refractivity contribution in [2.75, 3.05) is 28.5 Å². The maximum Gasteiger partial charge on any atom is 0.262 e. The number of rotatable bonds is 5. The van der Waals surface area contributed by atoms with Crippen molar-refractivity contribution in [3.63, 3.8) is 0 Å². The molecule has 0 spiro atoms. The molecule has 1 aliphatic rings. The second-order valence-corrected chi connectivity index (χ2v) is 8.31. The van der Waals surface area contributed by atoms with Gasteiger partial charge in [0.1, 0.15) is 5.75 Å². The quantitative estimate of drug-likeness (QED) is 0.873. The van der Waals surface area contributed by atoms with Gasteiger partial charge in [0.15, 0.2) is 6.61 Å². The van der Waals surface area contributed by atoms with E-state index in [1.54, 1.807) is 30.3 Å². The summed E-state index contributed by atoms with van der Waals surface area (Å²) in [4.78, 5) is 12.0. The van der Waals surface area contributed by atoms with Crippen LogP contribution < -0.4 is 14.4 Å². The van der Waals surface area contributed by atoms with Crippen LogP contribution in [-0.2, 0) is 14.8 Å². The van der Waals surface area contributed by atoms with E-state index in [1.807, 2.05) is 25.1 Å². The predicted molar refractivity (Wildman–Crippen MR) is 102 cm³/mol. The minimum Gasteiger partial charge on any atom is -0.484 e. The summed E-state index contributed by atoms with van der Waals surface area (Å²) in [6.07, 6.45) is 1.56. The number of hydrogen-bond donors (Lipinski definition) is 1. The Kier molecular flexibility index (Phi) is 5.46. The number of nitrogens with zero attached hydrogens (tertiary/aromatic N) is 1. The fourth-order valence-corrected chi connectivity index (χ4v) is 4.48. The van der Waals surface area contributed by atoms with E-state index in [9.17, 15) is 13.2 Å². The molecule has 6 nitrogen and oxygen atoms in total. The summed E-state index contributed by atoms with van der Waals surface area (Å²) in [6, 6.07) is 14.3. The Labute approximate surface area is 153 Å². The number of sulfonamides is 1. The summed E-state index contributed by atoms with van der Waals surface area (Å²) in [7, 11) is -3.23. The molecule has 1 amide bonds. The van der Waals surface area contributed by atoms with Crippen molar-refractivity contribution >= 4 is 27.3 Å². The standard InChI is InChI=1S/C19H22N2O4S/c1-15-5-4-6-18(13-15)25-14-19(22)20-16-7-9-17(10-8-16)21-11-2-3-12-26(21,23)24/h4-10,13H,2-3,11-12,14H2,1H3,(H,20,22). The lowest BCUT2D eigenvalue weighted by atomic mass is 10.2. The first-order valence-corrected chi connectivity index (χ1v) is 10.1. The monoisotopic (exact) mass is 374 g/mol. The smallest absolute Gasteiger partial charge is 0.262 e. The number of hydrogen-bond acceptors (Lipinski definition) is 4. The third-order valence-electron chi connectivity index (χ3n) is 4.15. The molecule has 1 saturated heterocycles. The number of anilines is 2. The molecule has 0 radical (unpaired) electrons. The highest BCUT2D eigenvalue weighted by Gasteiger charge is 2.25. The van der Waals surface area contributed by atoms with E-state index in [1.165, 1.54) is 4.31 Å². The number of amides is 1. The maximum atomic E-state index is 12.1. The van der Waals surface area contributed by atoms with Crippen LogP contribution >= 0.6 is 0 Å². The number of nitrogens with one attached hydrogen (secondary N) is 1. The summed E-state index contributed by atoms with van der Waals surface area (Å²) < 4.78 is 31.2. The molecule has 138 valence electrons. The van der Waals surface area contributed by atoms with Crippen molar-refractivity contribution < 1.29 is 17.9 Å². The summed E-state index contributed by atoms with van der Waals surface area (Å²) >= 11 is 0.